The normalized spacial score (nSPS) is 11.1. The van der Waals surface area contributed by atoms with Gasteiger partial charge in [-0.15, -0.1) is 0 Å². The maximum atomic E-state index is 5.74. The minimum atomic E-state index is 0.406. The molecular weight excluding hydrogens is 306 g/mol. The number of H-pyrrole nitrogens is 1. The van der Waals surface area contributed by atoms with E-state index in [1.165, 1.54) is 5.56 Å². The molecule has 5 heteroatoms. The van der Waals surface area contributed by atoms with E-state index in [0.29, 0.717) is 17.2 Å². The smallest absolute Gasteiger partial charge is 0.175 e. The van der Waals surface area contributed by atoms with Crippen LogP contribution in [0.15, 0.2) is 22.9 Å². The molecule has 0 radical (unpaired) electrons. The molecule has 0 aliphatic heterocycles. The van der Waals surface area contributed by atoms with Crippen LogP contribution in [0.4, 0.5) is 0 Å². The predicted octanol–water partition coefficient (Wildman–Crippen LogP) is 3.43. The number of halogens is 1. The van der Waals surface area contributed by atoms with Gasteiger partial charge in [-0.25, -0.2) is 4.98 Å². The average Bonchev–Trinajstić information content (AvgIpc) is 2.78. The first kappa shape index (κ1) is 14.1. The van der Waals surface area contributed by atoms with Crippen molar-refractivity contribution in [3.63, 3.8) is 0 Å². The summed E-state index contributed by atoms with van der Waals surface area (Å²) >= 11 is 3.34. The Morgan fingerprint density at radius 1 is 1.42 bits per heavy atom. The van der Waals surface area contributed by atoms with Gasteiger partial charge in [-0.1, -0.05) is 19.9 Å². The van der Waals surface area contributed by atoms with Crippen LogP contribution in [0.3, 0.4) is 0 Å². The van der Waals surface area contributed by atoms with Gasteiger partial charge >= 0.3 is 0 Å². The molecule has 0 saturated heterocycles. The number of ether oxygens (including phenoxy) is 1. The average molecular weight is 324 g/mol. The Bertz CT molecular complexity index is 578. The molecule has 2 aromatic rings. The van der Waals surface area contributed by atoms with Crippen LogP contribution >= 0.6 is 15.9 Å². The van der Waals surface area contributed by atoms with Gasteiger partial charge in [-0.05, 0) is 39.5 Å². The van der Waals surface area contributed by atoms with E-state index in [1.807, 2.05) is 6.07 Å². The number of nitrogens with two attached hydrogens (primary N) is 1. The number of imidazole rings is 1. The summed E-state index contributed by atoms with van der Waals surface area (Å²) in [5, 5.41) is 0. The van der Waals surface area contributed by atoms with E-state index in [0.717, 1.165) is 22.7 Å². The molecule has 2 rings (SSSR count). The molecule has 0 bridgehead atoms. The summed E-state index contributed by atoms with van der Waals surface area (Å²) in [6, 6.07) is 6.20. The van der Waals surface area contributed by atoms with E-state index in [2.05, 4.69) is 51.9 Å². The molecule has 4 nitrogen and oxygen atoms in total. The van der Waals surface area contributed by atoms with Crippen LogP contribution in [0.1, 0.15) is 31.0 Å². The van der Waals surface area contributed by atoms with Gasteiger partial charge in [0.1, 0.15) is 5.75 Å². The third-order valence-electron chi connectivity index (χ3n) is 3.10. The summed E-state index contributed by atoms with van der Waals surface area (Å²) in [4.78, 5) is 7.54. The standard InChI is InChI=1S/C14H18BrN3O/c1-8(2)9-4-5-10(12(6-9)19-3)13-11(7-16)17-14(15)18-13/h4-6,8H,7,16H2,1-3H3,(H,17,18). The van der Waals surface area contributed by atoms with Gasteiger partial charge < -0.3 is 15.5 Å². The van der Waals surface area contributed by atoms with E-state index < -0.39 is 0 Å². The topological polar surface area (TPSA) is 63.9 Å². The van der Waals surface area contributed by atoms with Crippen molar-refractivity contribution in [2.24, 2.45) is 5.73 Å². The predicted molar refractivity (Wildman–Crippen MR) is 80.3 cm³/mol. The minimum Gasteiger partial charge on any atom is -0.496 e. The fourth-order valence-corrected chi connectivity index (χ4v) is 2.43. The summed E-state index contributed by atoms with van der Waals surface area (Å²) < 4.78 is 6.17. The molecule has 1 aromatic heterocycles. The van der Waals surface area contributed by atoms with Crippen LogP contribution in [0.25, 0.3) is 11.3 Å². The Morgan fingerprint density at radius 3 is 2.74 bits per heavy atom. The number of aromatic nitrogens is 2. The van der Waals surface area contributed by atoms with Crippen LogP contribution in [0.5, 0.6) is 5.75 Å². The highest BCUT2D eigenvalue weighted by Gasteiger charge is 2.15. The molecule has 0 amide bonds. The number of methoxy groups -OCH3 is 1. The van der Waals surface area contributed by atoms with Crippen molar-refractivity contribution in [3.8, 4) is 17.0 Å². The molecule has 0 aliphatic carbocycles. The Morgan fingerprint density at radius 2 is 2.16 bits per heavy atom. The largest absolute Gasteiger partial charge is 0.496 e. The molecule has 0 spiro atoms. The highest BCUT2D eigenvalue weighted by molar-refractivity contribution is 9.10. The summed E-state index contributed by atoms with van der Waals surface area (Å²) in [7, 11) is 1.67. The van der Waals surface area contributed by atoms with Crippen molar-refractivity contribution in [2.45, 2.75) is 26.3 Å². The number of hydrogen-bond acceptors (Lipinski definition) is 3. The summed E-state index contributed by atoms with van der Waals surface area (Å²) in [5.41, 5.74) is 9.66. The first-order chi connectivity index (χ1) is 9.06. The highest BCUT2D eigenvalue weighted by Crippen LogP contribution is 2.34. The quantitative estimate of drug-likeness (QED) is 0.906. The van der Waals surface area contributed by atoms with E-state index in [1.54, 1.807) is 7.11 Å². The lowest BCUT2D eigenvalue weighted by molar-refractivity contribution is 0.415. The van der Waals surface area contributed by atoms with Crippen LogP contribution in [-0.4, -0.2) is 17.1 Å². The van der Waals surface area contributed by atoms with Crippen molar-refractivity contribution < 1.29 is 4.74 Å². The second-order valence-electron chi connectivity index (χ2n) is 4.67. The van der Waals surface area contributed by atoms with Crippen LogP contribution in [-0.2, 0) is 6.54 Å². The number of aromatic amines is 1. The highest BCUT2D eigenvalue weighted by atomic mass is 79.9. The first-order valence-electron chi connectivity index (χ1n) is 6.19. The number of nitrogens with zero attached hydrogens (tertiary/aromatic N) is 1. The van der Waals surface area contributed by atoms with Gasteiger partial charge in [0.2, 0.25) is 0 Å². The van der Waals surface area contributed by atoms with Crippen LogP contribution in [0.2, 0.25) is 0 Å². The Balaban J connectivity index is 2.55. The van der Waals surface area contributed by atoms with Crippen molar-refractivity contribution in [3.05, 3.63) is 34.2 Å². The number of nitrogens with one attached hydrogen (secondary N) is 1. The fourth-order valence-electron chi connectivity index (χ4n) is 2.01. The zero-order valence-electron chi connectivity index (χ0n) is 11.3. The lowest BCUT2D eigenvalue weighted by atomic mass is 9.99. The summed E-state index contributed by atoms with van der Waals surface area (Å²) in [5.74, 6) is 1.28. The molecule has 1 aromatic carbocycles. The fraction of sp³-hybridized carbons (Fsp3) is 0.357. The molecular formula is C14H18BrN3O. The number of benzene rings is 1. The number of hydrogen-bond donors (Lipinski definition) is 2. The third kappa shape index (κ3) is 2.82. The molecule has 102 valence electrons. The van der Waals surface area contributed by atoms with Crippen molar-refractivity contribution in [2.75, 3.05) is 7.11 Å². The minimum absolute atomic E-state index is 0.406. The third-order valence-corrected chi connectivity index (χ3v) is 3.48. The second-order valence-corrected chi connectivity index (χ2v) is 5.42. The molecule has 0 atom stereocenters. The molecule has 19 heavy (non-hydrogen) atoms. The van der Waals surface area contributed by atoms with Gasteiger partial charge in [0.25, 0.3) is 0 Å². The zero-order chi connectivity index (χ0) is 14.0. The first-order valence-corrected chi connectivity index (χ1v) is 6.98. The molecule has 1 heterocycles. The Kier molecular flexibility index (Phi) is 4.27. The lowest BCUT2D eigenvalue weighted by Crippen LogP contribution is -2.00. The van der Waals surface area contributed by atoms with Gasteiger partial charge in [-0.3, -0.25) is 0 Å². The molecule has 0 fully saturated rings. The van der Waals surface area contributed by atoms with Gasteiger partial charge in [0.15, 0.2) is 4.73 Å². The van der Waals surface area contributed by atoms with Gasteiger partial charge in [0, 0.05) is 12.1 Å². The zero-order valence-corrected chi connectivity index (χ0v) is 12.9. The number of rotatable bonds is 4. The van der Waals surface area contributed by atoms with E-state index in [9.17, 15) is 0 Å². The van der Waals surface area contributed by atoms with E-state index in [-0.39, 0.29) is 0 Å². The molecule has 3 N–H and O–H groups in total. The van der Waals surface area contributed by atoms with Crippen LogP contribution < -0.4 is 10.5 Å². The molecule has 0 unspecified atom stereocenters. The van der Waals surface area contributed by atoms with Gasteiger partial charge in [0.05, 0.1) is 18.5 Å². The van der Waals surface area contributed by atoms with Crippen LogP contribution in [0, 0.1) is 0 Å². The van der Waals surface area contributed by atoms with E-state index in [4.69, 9.17) is 10.5 Å². The summed E-state index contributed by atoms with van der Waals surface area (Å²) in [6.45, 7) is 4.72. The maximum absolute atomic E-state index is 5.74. The molecule has 0 saturated carbocycles. The van der Waals surface area contributed by atoms with Gasteiger partial charge in [-0.2, -0.15) is 0 Å². The monoisotopic (exact) mass is 323 g/mol. The second kappa shape index (κ2) is 5.75. The van der Waals surface area contributed by atoms with E-state index >= 15 is 0 Å². The summed E-state index contributed by atoms with van der Waals surface area (Å²) in [6.07, 6.45) is 0. The van der Waals surface area contributed by atoms with Crippen molar-refractivity contribution in [1.29, 1.82) is 0 Å². The Hall–Kier alpha value is -1.33. The van der Waals surface area contributed by atoms with Crippen molar-refractivity contribution in [1.82, 2.24) is 9.97 Å². The maximum Gasteiger partial charge on any atom is 0.175 e. The molecule has 0 aliphatic rings. The lowest BCUT2D eigenvalue weighted by Gasteiger charge is -2.12. The SMILES string of the molecule is COc1cc(C(C)C)ccc1-c1nc(Br)[nH]c1CN. The van der Waals surface area contributed by atoms with Crippen molar-refractivity contribution >= 4 is 15.9 Å². The Labute approximate surface area is 121 Å².